The summed E-state index contributed by atoms with van der Waals surface area (Å²) < 4.78 is 18.0. The van der Waals surface area contributed by atoms with Crippen molar-refractivity contribution in [1.29, 1.82) is 0 Å². The van der Waals surface area contributed by atoms with E-state index in [1.165, 1.54) is 23.1 Å². The molecule has 1 amide bonds. The molecule has 1 heterocycles. The maximum absolute atomic E-state index is 13.2. The van der Waals surface area contributed by atoms with Crippen molar-refractivity contribution in [1.82, 2.24) is 0 Å². The molecule has 0 bridgehead atoms. The second-order valence-electron chi connectivity index (χ2n) is 3.79. The molecule has 0 aliphatic carbocycles. The van der Waals surface area contributed by atoms with Crippen molar-refractivity contribution in [3.05, 3.63) is 29.6 Å². The Morgan fingerprint density at radius 3 is 2.88 bits per heavy atom. The van der Waals surface area contributed by atoms with Gasteiger partial charge in [0.25, 0.3) is 0 Å². The number of fused-ring (bicyclic) bond motifs is 1. The first-order valence-corrected chi connectivity index (χ1v) is 5.30. The number of benzene rings is 1. The number of carbonyl (C=O) groups is 2. The number of halogens is 1. The maximum atomic E-state index is 13.2. The molecule has 1 aromatic rings. The first kappa shape index (κ1) is 11.6. The van der Waals surface area contributed by atoms with Gasteiger partial charge in [0, 0.05) is 18.3 Å². The summed E-state index contributed by atoms with van der Waals surface area (Å²) in [5, 5.41) is 0. The molecule has 1 atom stereocenters. The number of nitrogens with zero attached hydrogens (tertiary/aromatic N) is 1. The van der Waals surface area contributed by atoms with Gasteiger partial charge in [-0.3, -0.25) is 9.59 Å². The van der Waals surface area contributed by atoms with E-state index in [1.807, 2.05) is 0 Å². The first-order valence-electron chi connectivity index (χ1n) is 5.30. The van der Waals surface area contributed by atoms with Crippen LogP contribution in [0, 0.1) is 5.82 Å². The smallest absolute Gasteiger partial charge is 0.323 e. The zero-order chi connectivity index (χ0) is 12.6. The van der Waals surface area contributed by atoms with E-state index in [4.69, 9.17) is 4.74 Å². The van der Waals surface area contributed by atoms with Crippen molar-refractivity contribution in [2.45, 2.75) is 12.8 Å². The minimum Gasteiger partial charge on any atom is -0.465 e. The highest BCUT2D eigenvalue weighted by Crippen LogP contribution is 2.37. The van der Waals surface area contributed by atoms with Gasteiger partial charge in [-0.25, -0.2) is 4.39 Å². The first-order chi connectivity index (χ1) is 8.06. The minimum absolute atomic E-state index is 0.191. The Morgan fingerprint density at radius 1 is 1.53 bits per heavy atom. The van der Waals surface area contributed by atoms with Gasteiger partial charge < -0.3 is 9.64 Å². The lowest BCUT2D eigenvalue weighted by molar-refractivity contribution is -0.147. The summed E-state index contributed by atoms with van der Waals surface area (Å²) in [6, 6.07) is 3.95. The lowest BCUT2D eigenvalue weighted by atomic mass is 10.0. The molecule has 1 aromatic carbocycles. The topological polar surface area (TPSA) is 46.6 Å². The van der Waals surface area contributed by atoms with Gasteiger partial charge in [-0.2, -0.15) is 0 Å². The largest absolute Gasteiger partial charge is 0.465 e. The van der Waals surface area contributed by atoms with Gasteiger partial charge in [0.2, 0.25) is 5.91 Å². The van der Waals surface area contributed by atoms with Crippen LogP contribution in [0.3, 0.4) is 0 Å². The number of likely N-dealkylation sites (N-methyl/N-ethyl adjacent to an activating group) is 1. The lowest BCUT2D eigenvalue weighted by Gasteiger charge is -2.10. The molecule has 1 aliphatic heterocycles. The van der Waals surface area contributed by atoms with Crippen molar-refractivity contribution in [2.24, 2.45) is 0 Å². The molecule has 2 rings (SSSR count). The van der Waals surface area contributed by atoms with E-state index in [0.717, 1.165) is 0 Å². The standard InChI is InChI=1S/C12H12FNO3/c1-3-17-12(16)10-8-6-7(13)4-5-9(8)14(2)11(10)15/h4-6,10H,3H2,1-2H3. The van der Waals surface area contributed by atoms with Crippen molar-refractivity contribution in [3.8, 4) is 0 Å². The third-order valence-corrected chi connectivity index (χ3v) is 2.76. The van der Waals surface area contributed by atoms with Crippen LogP contribution in [-0.4, -0.2) is 25.5 Å². The molecule has 4 nitrogen and oxygen atoms in total. The van der Waals surface area contributed by atoms with Gasteiger partial charge in [0.1, 0.15) is 5.82 Å². The van der Waals surface area contributed by atoms with Gasteiger partial charge in [-0.1, -0.05) is 0 Å². The maximum Gasteiger partial charge on any atom is 0.323 e. The van der Waals surface area contributed by atoms with E-state index in [2.05, 4.69) is 0 Å². The molecule has 1 aliphatic rings. The molecule has 0 saturated carbocycles. The predicted octanol–water partition coefficient (Wildman–Crippen LogP) is 1.45. The molecular weight excluding hydrogens is 225 g/mol. The number of hydrogen-bond donors (Lipinski definition) is 0. The predicted molar refractivity (Wildman–Crippen MR) is 59.2 cm³/mol. The minimum atomic E-state index is -1.04. The van der Waals surface area contributed by atoms with Gasteiger partial charge in [0.15, 0.2) is 5.92 Å². The highest BCUT2D eigenvalue weighted by Gasteiger charge is 2.41. The molecule has 0 N–H and O–H groups in total. The van der Waals surface area contributed by atoms with Crippen LogP contribution >= 0.6 is 0 Å². The van der Waals surface area contributed by atoms with E-state index >= 15 is 0 Å². The molecular formula is C12H12FNO3. The van der Waals surface area contributed by atoms with Crippen LogP contribution in [-0.2, 0) is 14.3 Å². The van der Waals surface area contributed by atoms with Crippen LogP contribution < -0.4 is 4.90 Å². The van der Waals surface area contributed by atoms with Gasteiger partial charge in [-0.15, -0.1) is 0 Å². The SMILES string of the molecule is CCOC(=O)C1C(=O)N(C)c2ccc(F)cc21. The third-order valence-electron chi connectivity index (χ3n) is 2.76. The summed E-state index contributed by atoms with van der Waals surface area (Å²) in [5.74, 6) is -2.52. The van der Waals surface area contributed by atoms with Gasteiger partial charge in [-0.05, 0) is 25.1 Å². The van der Waals surface area contributed by atoms with E-state index < -0.39 is 17.7 Å². The molecule has 0 radical (unpaired) electrons. The monoisotopic (exact) mass is 237 g/mol. The Labute approximate surface area is 98.0 Å². The van der Waals surface area contributed by atoms with Gasteiger partial charge in [0.05, 0.1) is 6.61 Å². The second-order valence-corrected chi connectivity index (χ2v) is 3.79. The van der Waals surface area contributed by atoms with Crippen molar-refractivity contribution in [2.75, 3.05) is 18.6 Å². The lowest BCUT2D eigenvalue weighted by Crippen LogP contribution is -2.29. The molecule has 1 unspecified atom stereocenters. The van der Waals surface area contributed by atoms with E-state index in [1.54, 1.807) is 14.0 Å². The molecule has 0 aromatic heterocycles. The summed E-state index contributed by atoms with van der Waals surface area (Å²) in [7, 11) is 1.55. The van der Waals surface area contributed by atoms with E-state index in [-0.39, 0.29) is 12.5 Å². The Hall–Kier alpha value is -1.91. The number of amides is 1. The number of hydrogen-bond acceptors (Lipinski definition) is 3. The Morgan fingerprint density at radius 2 is 2.24 bits per heavy atom. The Bertz CT molecular complexity index is 487. The number of anilines is 1. The summed E-state index contributed by atoms with van der Waals surface area (Å²) >= 11 is 0. The number of carbonyl (C=O) groups excluding carboxylic acids is 2. The highest BCUT2D eigenvalue weighted by molar-refractivity contribution is 6.15. The fraction of sp³-hybridized carbons (Fsp3) is 0.333. The van der Waals surface area contributed by atoms with Crippen LogP contribution in [0.2, 0.25) is 0 Å². The molecule has 0 fully saturated rings. The number of ether oxygens (including phenoxy) is 1. The normalized spacial score (nSPS) is 18.2. The fourth-order valence-corrected chi connectivity index (χ4v) is 1.96. The summed E-state index contributed by atoms with van der Waals surface area (Å²) in [6.45, 7) is 1.85. The van der Waals surface area contributed by atoms with Crippen LogP contribution in [0.25, 0.3) is 0 Å². The van der Waals surface area contributed by atoms with Crippen LogP contribution in [0.5, 0.6) is 0 Å². The number of rotatable bonds is 2. The summed E-state index contributed by atoms with van der Waals surface area (Å²) in [4.78, 5) is 24.9. The fourth-order valence-electron chi connectivity index (χ4n) is 1.96. The third kappa shape index (κ3) is 1.77. The van der Waals surface area contributed by atoms with Crippen molar-refractivity contribution >= 4 is 17.6 Å². The molecule has 0 spiro atoms. The van der Waals surface area contributed by atoms with Crippen molar-refractivity contribution in [3.63, 3.8) is 0 Å². The molecule has 0 saturated heterocycles. The van der Waals surface area contributed by atoms with Gasteiger partial charge >= 0.3 is 5.97 Å². The Kier molecular flexibility index (Phi) is 2.83. The average molecular weight is 237 g/mol. The van der Waals surface area contributed by atoms with E-state index in [9.17, 15) is 14.0 Å². The quantitative estimate of drug-likeness (QED) is 0.577. The second kappa shape index (κ2) is 4.16. The zero-order valence-electron chi connectivity index (χ0n) is 9.57. The Balaban J connectivity index is 2.46. The summed E-state index contributed by atoms with van der Waals surface area (Å²) in [5.41, 5.74) is 0.922. The highest BCUT2D eigenvalue weighted by atomic mass is 19.1. The molecule has 17 heavy (non-hydrogen) atoms. The van der Waals surface area contributed by atoms with Crippen molar-refractivity contribution < 1.29 is 18.7 Å². The van der Waals surface area contributed by atoms with Crippen LogP contribution in [0.15, 0.2) is 18.2 Å². The zero-order valence-corrected chi connectivity index (χ0v) is 9.57. The van der Waals surface area contributed by atoms with Crippen LogP contribution in [0.1, 0.15) is 18.4 Å². The summed E-state index contributed by atoms with van der Waals surface area (Å²) in [6.07, 6.45) is 0. The van der Waals surface area contributed by atoms with Crippen LogP contribution in [0.4, 0.5) is 10.1 Å². The molecule has 5 heteroatoms. The average Bonchev–Trinajstić information content (AvgIpc) is 2.51. The molecule has 90 valence electrons. The van der Waals surface area contributed by atoms with E-state index in [0.29, 0.717) is 11.3 Å². The number of esters is 1.